The lowest BCUT2D eigenvalue weighted by molar-refractivity contribution is -0.124. The van der Waals surface area contributed by atoms with Crippen molar-refractivity contribution < 1.29 is 24.2 Å². The molecule has 0 bridgehead atoms. The zero-order valence-corrected chi connectivity index (χ0v) is 15.6. The molecule has 0 heterocycles. The number of fused-ring (bicyclic) bond motifs is 1. The van der Waals surface area contributed by atoms with Gasteiger partial charge in [-0.3, -0.25) is 4.79 Å². The van der Waals surface area contributed by atoms with Crippen LogP contribution in [0.25, 0.3) is 10.8 Å². The van der Waals surface area contributed by atoms with E-state index < -0.39 is 18.5 Å². The number of benzene rings is 3. The smallest absolute Gasteiger partial charge is 0.342 e. The Morgan fingerprint density at radius 1 is 1.04 bits per heavy atom. The highest BCUT2D eigenvalue weighted by atomic mass is 16.5. The van der Waals surface area contributed by atoms with E-state index in [1.54, 1.807) is 6.07 Å². The summed E-state index contributed by atoms with van der Waals surface area (Å²) in [6, 6.07) is 18.0. The van der Waals surface area contributed by atoms with E-state index >= 15 is 0 Å². The van der Waals surface area contributed by atoms with Gasteiger partial charge >= 0.3 is 5.97 Å². The molecule has 0 spiro atoms. The van der Waals surface area contributed by atoms with Gasteiger partial charge in [-0.1, -0.05) is 48.5 Å². The highest BCUT2D eigenvalue weighted by molar-refractivity contribution is 5.95. The second-order valence-electron chi connectivity index (χ2n) is 6.29. The highest BCUT2D eigenvalue weighted by Gasteiger charge is 2.18. The van der Waals surface area contributed by atoms with Crippen LogP contribution in [-0.4, -0.2) is 30.7 Å². The predicted molar refractivity (Wildman–Crippen MR) is 105 cm³/mol. The molecule has 0 aliphatic heterocycles. The van der Waals surface area contributed by atoms with Gasteiger partial charge in [-0.05, 0) is 35.4 Å². The van der Waals surface area contributed by atoms with Crippen molar-refractivity contribution in [1.82, 2.24) is 5.32 Å². The number of phenolic OH excluding ortho intramolecular Hbond substituents is 1. The highest BCUT2D eigenvalue weighted by Crippen LogP contribution is 2.29. The SMILES string of the molecule is COc1cccc(C(=O)OCC(=O)NC(C)c2cccc3ccccc23)c1O. The topological polar surface area (TPSA) is 84.9 Å². The molecule has 3 rings (SSSR count). The summed E-state index contributed by atoms with van der Waals surface area (Å²) < 4.78 is 9.99. The molecule has 1 unspecified atom stereocenters. The number of para-hydroxylation sites is 1. The van der Waals surface area contributed by atoms with Gasteiger partial charge in [0.25, 0.3) is 5.91 Å². The molecule has 0 saturated heterocycles. The van der Waals surface area contributed by atoms with Crippen molar-refractivity contribution in [3.8, 4) is 11.5 Å². The number of carbonyl (C=O) groups is 2. The van der Waals surface area contributed by atoms with Crippen LogP contribution in [0.15, 0.2) is 60.7 Å². The van der Waals surface area contributed by atoms with Crippen LogP contribution < -0.4 is 10.1 Å². The van der Waals surface area contributed by atoms with Crippen molar-refractivity contribution >= 4 is 22.6 Å². The Labute approximate surface area is 162 Å². The number of hydrogen-bond donors (Lipinski definition) is 2. The van der Waals surface area contributed by atoms with Crippen molar-refractivity contribution in [1.29, 1.82) is 0 Å². The molecule has 6 heteroatoms. The molecule has 0 fully saturated rings. The summed E-state index contributed by atoms with van der Waals surface area (Å²) in [5, 5.41) is 15.0. The Bertz CT molecular complexity index is 1010. The van der Waals surface area contributed by atoms with Crippen LogP contribution in [0.4, 0.5) is 0 Å². The van der Waals surface area contributed by atoms with Gasteiger partial charge in [0.1, 0.15) is 5.56 Å². The summed E-state index contributed by atoms with van der Waals surface area (Å²) in [6.07, 6.45) is 0. The normalized spacial score (nSPS) is 11.6. The molecule has 3 aromatic carbocycles. The summed E-state index contributed by atoms with van der Waals surface area (Å²) >= 11 is 0. The van der Waals surface area contributed by atoms with Crippen LogP contribution in [0.2, 0.25) is 0 Å². The van der Waals surface area contributed by atoms with E-state index in [2.05, 4.69) is 5.32 Å². The van der Waals surface area contributed by atoms with Gasteiger partial charge in [0.2, 0.25) is 0 Å². The minimum Gasteiger partial charge on any atom is -0.504 e. The Kier molecular flexibility index (Phi) is 5.79. The van der Waals surface area contributed by atoms with E-state index in [0.717, 1.165) is 16.3 Å². The number of nitrogens with one attached hydrogen (secondary N) is 1. The van der Waals surface area contributed by atoms with Gasteiger partial charge in [0.05, 0.1) is 13.2 Å². The van der Waals surface area contributed by atoms with Gasteiger partial charge in [-0.25, -0.2) is 4.79 Å². The average Bonchev–Trinajstić information content (AvgIpc) is 2.71. The number of methoxy groups -OCH3 is 1. The number of ether oxygens (including phenoxy) is 2. The van der Waals surface area contributed by atoms with Crippen LogP contribution in [0.1, 0.15) is 28.9 Å². The quantitative estimate of drug-likeness (QED) is 0.640. The Hall–Kier alpha value is -3.54. The van der Waals surface area contributed by atoms with Crippen molar-refractivity contribution in [3.05, 3.63) is 71.8 Å². The lowest BCUT2D eigenvalue weighted by atomic mass is 10.00. The Balaban J connectivity index is 1.63. The summed E-state index contributed by atoms with van der Waals surface area (Å²) in [4.78, 5) is 24.4. The van der Waals surface area contributed by atoms with Gasteiger partial charge < -0.3 is 19.9 Å². The van der Waals surface area contributed by atoms with Crippen LogP contribution in [0, 0.1) is 0 Å². The number of aromatic hydroxyl groups is 1. The molecule has 0 radical (unpaired) electrons. The Morgan fingerprint density at radius 2 is 1.75 bits per heavy atom. The third kappa shape index (κ3) is 4.06. The minimum atomic E-state index is -0.802. The standard InChI is InChI=1S/C22H21NO5/c1-14(16-10-5-8-15-7-3-4-9-17(15)16)23-20(24)13-28-22(26)18-11-6-12-19(27-2)21(18)25/h3-12,14,25H,13H2,1-2H3,(H,23,24). The van der Waals surface area contributed by atoms with Crippen molar-refractivity contribution in [3.63, 3.8) is 0 Å². The monoisotopic (exact) mass is 379 g/mol. The number of hydrogen-bond acceptors (Lipinski definition) is 5. The lowest BCUT2D eigenvalue weighted by Gasteiger charge is -2.17. The van der Waals surface area contributed by atoms with Gasteiger partial charge in [-0.15, -0.1) is 0 Å². The third-order valence-electron chi connectivity index (χ3n) is 4.44. The molecule has 0 aromatic heterocycles. The van der Waals surface area contributed by atoms with E-state index in [1.807, 2.05) is 49.4 Å². The number of amides is 1. The van der Waals surface area contributed by atoms with E-state index in [4.69, 9.17) is 9.47 Å². The number of rotatable bonds is 6. The predicted octanol–water partition coefficient (Wildman–Crippen LogP) is 3.59. The molecular formula is C22H21NO5. The fourth-order valence-corrected chi connectivity index (χ4v) is 3.05. The summed E-state index contributed by atoms with van der Waals surface area (Å²) in [6.45, 7) is 1.42. The molecule has 28 heavy (non-hydrogen) atoms. The first-order valence-corrected chi connectivity index (χ1v) is 8.81. The molecule has 0 aliphatic rings. The molecule has 144 valence electrons. The van der Waals surface area contributed by atoms with Gasteiger partial charge in [0, 0.05) is 0 Å². The summed E-state index contributed by atoms with van der Waals surface area (Å²) in [7, 11) is 1.38. The molecule has 0 saturated carbocycles. The first kappa shape index (κ1) is 19.2. The minimum absolute atomic E-state index is 0.0609. The van der Waals surface area contributed by atoms with E-state index in [9.17, 15) is 14.7 Å². The van der Waals surface area contributed by atoms with E-state index in [0.29, 0.717) is 0 Å². The van der Waals surface area contributed by atoms with E-state index in [-0.39, 0.29) is 23.1 Å². The fourth-order valence-electron chi connectivity index (χ4n) is 3.05. The second-order valence-corrected chi connectivity index (χ2v) is 6.29. The van der Waals surface area contributed by atoms with Crippen LogP contribution in [0.3, 0.4) is 0 Å². The van der Waals surface area contributed by atoms with Crippen molar-refractivity contribution in [2.45, 2.75) is 13.0 Å². The van der Waals surface area contributed by atoms with Crippen molar-refractivity contribution in [2.24, 2.45) is 0 Å². The van der Waals surface area contributed by atoms with Gasteiger partial charge in [-0.2, -0.15) is 0 Å². The second kappa shape index (κ2) is 8.43. The maximum absolute atomic E-state index is 12.2. The van der Waals surface area contributed by atoms with Gasteiger partial charge in [0.15, 0.2) is 18.1 Å². The zero-order chi connectivity index (χ0) is 20.1. The zero-order valence-electron chi connectivity index (χ0n) is 15.6. The molecule has 2 N–H and O–H groups in total. The van der Waals surface area contributed by atoms with Crippen molar-refractivity contribution in [2.75, 3.05) is 13.7 Å². The van der Waals surface area contributed by atoms with Crippen LogP contribution >= 0.6 is 0 Å². The number of phenols is 1. The Morgan fingerprint density at radius 3 is 2.54 bits per heavy atom. The first-order valence-electron chi connectivity index (χ1n) is 8.81. The van der Waals surface area contributed by atoms with E-state index in [1.165, 1.54) is 19.2 Å². The fraction of sp³-hybridized carbons (Fsp3) is 0.182. The largest absolute Gasteiger partial charge is 0.504 e. The molecule has 0 aliphatic carbocycles. The summed E-state index contributed by atoms with van der Waals surface area (Å²) in [5.74, 6) is -1.40. The number of carbonyl (C=O) groups excluding carboxylic acids is 2. The molecule has 1 atom stereocenters. The van der Waals surface area contributed by atoms with Crippen LogP contribution in [-0.2, 0) is 9.53 Å². The molecule has 3 aromatic rings. The first-order chi connectivity index (χ1) is 13.5. The molecule has 6 nitrogen and oxygen atoms in total. The average molecular weight is 379 g/mol. The number of esters is 1. The molecule has 1 amide bonds. The van der Waals surface area contributed by atoms with Crippen LogP contribution in [0.5, 0.6) is 11.5 Å². The maximum Gasteiger partial charge on any atom is 0.342 e. The maximum atomic E-state index is 12.2. The summed E-state index contributed by atoms with van der Waals surface area (Å²) in [5.41, 5.74) is 0.914. The lowest BCUT2D eigenvalue weighted by Crippen LogP contribution is -2.31. The third-order valence-corrected chi connectivity index (χ3v) is 4.44. The molecular weight excluding hydrogens is 358 g/mol.